The largest absolute Gasteiger partial charge is 0.486 e. The number of anilines is 1. The average molecular weight is 472 g/mol. The average Bonchev–Trinajstić information content (AvgIpc) is 3.21. The van der Waals surface area contributed by atoms with Crippen molar-refractivity contribution in [3.8, 4) is 11.8 Å². The van der Waals surface area contributed by atoms with Gasteiger partial charge in [-0.25, -0.2) is 4.98 Å². The van der Waals surface area contributed by atoms with Gasteiger partial charge in [-0.15, -0.1) is 5.10 Å². The lowest BCUT2D eigenvalue weighted by atomic mass is 10.2. The molecule has 0 unspecified atom stereocenters. The van der Waals surface area contributed by atoms with Crippen LogP contribution in [-0.4, -0.2) is 33.4 Å². The van der Waals surface area contributed by atoms with Crippen LogP contribution in [0.5, 0.6) is 5.75 Å². The number of ether oxygens (including phenoxy) is 1. The van der Waals surface area contributed by atoms with Crippen molar-refractivity contribution in [2.75, 3.05) is 17.2 Å². The predicted molar refractivity (Wildman–Crippen MR) is 115 cm³/mol. The molecule has 0 spiro atoms. The SMILES string of the molecule is N#CCCN(C(=O)CSc1n[nH]c(COc2ccc(Br)cc2)n1)c1ccccc1. The number of H-pyrrole nitrogens is 1. The van der Waals surface area contributed by atoms with Crippen LogP contribution in [0.25, 0.3) is 0 Å². The van der Waals surface area contributed by atoms with Crippen LogP contribution in [0, 0.1) is 11.3 Å². The number of nitriles is 1. The molecule has 3 aromatic rings. The lowest BCUT2D eigenvalue weighted by Crippen LogP contribution is -2.33. The summed E-state index contributed by atoms with van der Waals surface area (Å²) in [5.41, 5.74) is 0.770. The fourth-order valence-corrected chi connectivity index (χ4v) is 3.42. The minimum absolute atomic E-state index is 0.103. The smallest absolute Gasteiger partial charge is 0.237 e. The highest BCUT2D eigenvalue weighted by molar-refractivity contribution is 9.10. The number of hydrogen-bond acceptors (Lipinski definition) is 6. The van der Waals surface area contributed by atoms with Crippen LogP contribution in [0.2, 0.25) is 0 Å². The highest BCUT2D eigenvalue weighted by Gasteiger charge is 2.17. The van der Waals surface area contributed by atoms with E-state index in [1.54, 1.807) is 4.90 Å². The Labute approximate surface area is 181 Å². The van der Waals surface area contributed by atoms with Gasteiger partial charge in [-0.2, -0.15) is 5.26 Å². The molecule has 0 saturated heterocycles. The standard InChI is InChI=1S/C20H18BrN5O2S/c21-15-7-9-17(10-8-15)28-13-18-23-20(25-24-18)29-14-19(27)26(12-4-11-22)16-5-2-1-3-6-16/h1-3,5-10H,4,12-14H2,(H,23,24,25). The molecule has 2 aromatic carbocycles. The van der Waals surface area contributed by atoms with E-state index >= 15 is 0 Å². The Morgan fingerprint density at radius 3 is 2.69 bits per heavy atom. The molecule has 9 heteroatoms. The van der Waals surface area contributed by atoms with Crippen molar-refractivity contribution >= 4 is 39.3 Å². The predicted octanol–water partition coefficient (Wildman–Crippen LogP) is 4.19. The molecule has 0 bridgehead atoms. The molecule has 7 nitrogen and oxygen atoms in total. The van der Waals surface area contributed by atoms with Gasteiger partial charge in [-0.3, -0.25) is 9.89 Å². The van der Waals surface area contributed by atoms with E-state index in [-0.39, 0.29) is 24.7 Å². The number of thioether (sulfide) groups is 1. The van der Waals surface area contributed by atoms with Crippen LogP contribution in [0.3, 0.4) is 0 Å². The first-order valence-electron chi connectivity index (χ1n) is 8.80. The summed E-state index contributed by atoms with van der Waals surface area (Å²) < 4.78 is 6.64. The second-order valence-corrected chi connectivity index (χ2v) is 7.74. The first-order chi connectivity index (χ1) is 14.2. The van der Waals surface area contributed by atoms with Gasteiger partial charge in [0.25, 0.3) is 0 Å². The third-order valence-electron chi connectivity index (χ3n) is 3.84. The van der Waals surface area contributed by atoms with E-state index in [0.29, 0.717) is 17.5 Å². The number of carbonyl (C=O) groups excluding carboxylic acids is 1. The molecule has 0 saturated carbocycles. The number of nitrogens with one attached hydrogen (secondary N) is 1. The molecule has 0 fully saturated rings. The maximum absolute atomic E-state index is 12.7. The molecule has 148 valence electrons. The molecule has 0 aliphatic rings. The number of amides is 1. The Kier molecular flexibility index (Phi) is 7.67. The molecule has 0 aliphatic carbocycles. The number of halogens is 1. The van der Waals surface area contributed by atoms with Crippen LogP contribution >= 0.6 is 27.7 Å². The van der Waals surface area contributed by atoms with Gasteiger partial charge >= 0.3 is 0 Å². The summed E-state index contributed by atoms with van der Waals surface area (Å²) in [6.45, 7) is 0.599. The summed E-state index contributed by atoms with van der Waals surface area (Å²) in [7, 11) is 0. The number of para-hydroxylation sites is 1. The molecule has 29 heavy (non-hydrogen) atoms. The van der Waals surface area contributed by atoms with E-state index in [0.717, 1.165) is 15.9 Å². The number of aromatic amines is 1. The second kappa shape index (κ2) is 10.6. The summed E-state index contributed by atoms with van der Waals surface area (Å²) in [5.74, 6) is 1.37. The van der Waals surface area contributed by atoms with Gasteiger partial charge in [0.15, 0.2) is 5.82 Å². The molecular formula is C20H18BrN5O2S. The number of rotatable bonds is 9. The zero-order valence-corrected chi connectivity index (χ0v) is 17.8. The van der Waals surface area contributed by atoms with E-state index in [9.17, 15) is 4.79 Å². The van der Waals surface area contributed by atoms with Gasteiger partial charge in [0.1, 0.15) is 12.4 Å². The molecule has 0 aliphatic heterocycles. The van der Waals surface area contributed by atoms with Gasteiger partial charge in [0.2, 0.25) is 11.1 Å². The molecule has 1 aromatic heterocycles. The second-order valence-electron chi connectivity index (χ2n) is 5.88. The van der Waals surface area contributed by atoms with Crippen LogP contribution in [0.1, 0.15) is 12.2 Å². The molecular weight excluding hydrogens is 454 g/mol. The van der Waals surface area contributed by atoms with E-state index in [1.165, 1.54) is 11.8 Å². The van der Waals surface area contributed by atoms with E-state index in [2.05, 4.69) is 37.2 Å². The fourth-order valence-electron chi connectivity index (χ4n) is 2.46. The number of hydrogen-bond donors (Lipinski definition) is 1. The molecule has 1 heterocycles. The van der Waals surface area contributed by atoms with Crippen LogP contribution in [0.15, 0.2) is 64.2 Å². The minimum Gasteiger partial charge on any atom is -0.486 e. The third-order valence-corrected chi connectivity index (χ3v) is 5.20. The highest BCUT2D eigenvalue weighted by atomic mass is 79.9. The first kappa shape index (κ1) is 20.9. The van der Waals surface area contributed by atoms with E-state index in [4.69, 9.17) is 10.00 Å². The summed E-state index contributed by atoms with van der Waals surface area (Å²) in [5, 5.41) is 16.3. The lowest BCUT2D eigenvalue weighted by molar-refractivity contribution is -0.116. The van der Waals surface area contributed by atoms with E-state index < -0.39 is 0 Å². The van der Waals surface area contributed by atoms with Gasteiger partial charge in [-0.05, 0) is 36.4 Å². The number of benzene rings is 2. The van der Waals surface area contributed by atoms with Crippen molar-refractivity contribution in [2.45, 2.75) is 18.2 Å². The van der Waals surface area contributed by atoms with Gasteiger partial charge < -0.3 is 9.64 Å². The Bertz CT molecular complexity index is 973. The molecule has 0 atom stereocenters. The summed E-state index contributed by atoms with van der Waals surface area (Å²) in [4.78, 5) is 18.6. The van der Waals surface area contributed by atoms with Crippen molar-refractivity contribution in [1.82, 2.24) is 15.2 Å². The Morgan fingerprint density at radius 1 is 1.21 bits per heavy atom. The molecule has 0 radical (unpaired) electrons. The molecule has 3 rings (SSSR count). The van der Waals surface area contributed by atoms with Crippen LogP contribution in [-0.2, 0) is 11.4 Å². The van der Waals surface area contributed by atoms with Crippen LogP contribution in [0.4, 0.5) is 5.69 Å². The molecule has 1 amide bonds. The number of carbonyl (C=O) groups is 1. The van der Waals surface area contributed by atoms with Gasteiger partial charge in [-0.1, -0.05) is 45.9 Å². The zero-order valence-electron chi connectivity index (χ0n) is 15.4. The quantitative estimate of drug-likeness (QED) is 0.470. The number of nitrogens with zero attached hydrogens (tertiary/aromatic N) is 4. The maximum atomic E-state index is 12.7. The maximum Gasteiger partial charge on any atom is 0.237 e. The summed E-state index contributed by atoms with van der Waals surface area (Å²) in [6.07, 6.45) is 0.267. The minimum atomic E-state index is -0.103. The van der Waals surface area contributed by atoms with Crippen molar-refractivity contribution in [3.05, 3.63) is 64.9 Å². The van der Waals surface area contributed by atoms with E-state index in [1.807, 2.05) is 54.6 Å². The third kappa shape index (κ3) is 6.34. The highest BCUT2D eigenvalue weighted by Crippen LogP contribution is 2.20. The monoisotopic (exact) mass is 471 g/mol. The Balaban J connectivity index is 1.54. The topological polar surface area (TPSA) is 94.9 Å². The number of aromatic nitrogens is 3. The Hall–Kier alpha value is -2.83. The lowest BCUT2D eigenvalue weighted by Gasteiger charge is -2.21. The summed E-state index contributed by atoms with van der Waals surface area (Å²) >= 11 is 4.62. The van der Waals surface area contributed by atoms with Crippen molar-refractivity contribution in [3.63, 3.8) is 0 Å². The van der Waals surface area contributed by atoms with Crippen molar-refractivity contribution in [2.24, 2.45) is 0 Å². The molecule has 1 N–H and O–H groups in total. The normalized spacial score (nSPS) is 10.3. The van der Waals surface area contributed by atoms with Crippen molar-refractivity contribution < 1.29 is 9.53 Å². The van der Waals surface area contributed by atoms with Crippen LogP contribution < -0.4 is 9.64 Å². The Morgan fingerprint density at radius 2 is 1.97 bits per heavy atom. The van der Waals surface area contributed by atoms with Crippen molar-refractivity contribution in [1.29, 1.82) is 5.26 Å². The van der Waals surface area contributed by atoms with Gasteiger partial charge in [0, 0.05) is 16.7 Å². The zero-order chi connectivity index (χ0) is 20.5. The van der Waals surface area contributed by atoms with Gasteiger partial charge in [0.05, 0.1) is 18.2 Å². The fraction of sp³-hybridized carbons (Fsp3) is 0.200. The summed E-state index contributed by atoms with van der Waals surface area (Å²) in [6, 6.07) is 18.9. The first-order valence-corrected chi connectivity index (χ1v) is 10.6.